The van der Waals surface area contributed by atoms with E-state index in [1.165, 1.54) is 19.0 Å². The number of nitrogens with two attached hydrogens (primary N) is 1. The number of amides is 1. The van der Waals surface area contributed by atoms with Crippen LogP contribution in [0.3, 0.4) is 0 Å². The second-order valence-corrected chi connectivity index (χ2v) is 5.01. The fraction of sp³-hybridized carbons (Fsp3) is 0.357. The molecule has 0 unspecified atom stereocenters. The number of hydrogen-bond acceptors (Lipinski definition) is 4. The number of pyridine rings is 1. The molecule has 0 aliphatic carbocycles. The highest BCUT2D eigenvalue weighted by Crippen LogP contribution is 2.17. The molecule has 104 valence electrons. The zero-order valence-electron chi connectivity index (χ0n) is 11.2. The Balaban J connectivity index is 1.69. The predicted octanol–water partition coefficient (Wildman–Crippen LogP) is 1.03. The topological polar surface area (TPSA) is 77.0 Å². The van der Waals surface area contributed by atoms with Gasteiger partial charge in [0, 0.05) is 25.5 Å². The van der Waals surface area contributed by atoms with Gasteiger partial charge in [-0.25, -0.2) is 4.98 Å². The molecule has 2 N–H and O–H groups in total. The minimum absolute atomic E-state index is 0.423. The lowest BCUT2D eigenvalue weighted by Crippen LogP contribution is -2.18. The van der Waals surface area contributed by atoms with E-state index in [2.05, 4.69) is 15.0 Å². The van der Waals surface area contributed by atoms with Crippen molar-refractivity contribution in [2.75, 3.05) is 18.0 Å². The monoisotopic (exact) mass is 271 g/mol. The van der Waals surface area contributed by atoms with Crippen LogP contribution < -0.4 is 10.6 Å². The fourth-order valence-corrected chi connectivity index (χ4v) is 2.41. The van der Waals surface area contributed by atoms with Crippen LogP contribution >= 0.6 is 0 Å². The third-order valence-electron chi connectivity index (χ3n) is 3.50. The quantitative estimate of drug-likeness (QED) is 0.901. The smallest absolute Gasteiger partial charge is 0.251 e. The third-order valence-corrected chi connectivity index (χ3v) is 3.50. The Labute approximate surface area is 117 Å². The number of carbonyl (C=O) groups excluding carboxylic acids is 1. The van der Waals surface area contributed by atoms with Crippen molar-refractivity contribution >= 4 is 11.7 Å². The first-order valence-electron chi connectivity index (χ1n) is 6.74. The number of aromatic nitrogens is 3. The maximum atomic E-state index is 11.0. The molecule has 2 aromatic heterocycles. The summed E-state index contributed by atoms with van der Waals surface area (Å²) in [5, 5.41) is 4.11. The molecule has 6 nitrogen and oxygen atoms in total. The van der Waals surface area contributed by atoms with Gasteiger partial charge in [-0.3, -0.25) is 9.48 Å². The Hall–Kier alpha value is -2.37. The molecule has 1 fully saturated rings. The van der Waals surface area contributed by atoms with Crippen molar-refractivity contribution in [3.05, 3.63) is 41.9 Å². The Morgan fingerprint density at radius 1 is 1.25 bits per heavy atom. The van der Waals surface area contributed by atoms with Crippen LogP contribution in [0.1, 0.15) is 28.8 Å². The molecule has 0 saturated carbocycles. The summed E-state index contributed by atoms with van der Waals surface area (Å²) < 4.78 is 1.69. The van der Waals surface area contributed by atoms with Crippen LogP contribution in [0.4, 0.5) is 5.82 Å². The number of carbonyl (C=O) groups is 1. The molecule has 1 amide bonds. The molecule has 0 spiro atoms. The van der Waals surface area contributed by atoms with Crippen LogP contribution in [0.5, 0.6) is 0 Å². The van der Waals surface area contributed by atoms with Gasteiger partial charge in [0.2, 0.25) is 0 Å². The van der Waals surface area contributed by atoms with Crippen LogP contribution in [0.15, 0.2) is 30.7 Å². The summed E-state index contributed by atoms with van der Waals surface area (Å²) in [5.41, 5.74) is 6.67. The van der Waals surface area contributed by atoms with Gasteiger partial charge in [-0.15, -0.1) is 0 Å². The number of hydrogen-bond donors (Lipinski definition) is 1. The predicted molar refractivity (Wildman–Crippen MR) is 75.5 cm³/mol. The number of anilines is 1. The van der Waals surface area contributed by atoms with Crippen molar-refractivity contribution < 1.29 is 4.79 Å². The number of nitrogens with zero attached hydrogens (tertiary/aromatic N) is 4. The average Bonchev–Trinajstić information content (AvgIpc) is 3.10. The standard InChI is InChI=1S/C14H17N5O/c15-14(20)12-8-17-19(10-12)9-11-3-4-13(16-7-11)18-5-1-2-6-18/h3-4,7-8,10H,1-2,5-6,9H2,(H2,15,20). The molecule has 3 heterocycles. The normalized spacial score (nSPS) is 14.7. The minimum atomic E-state index is -0.459. The molecule has 6 heteroatoms. The molecule has 1 saturated heterocycles. The van der Waals surface area contributed by atoms with Crippen LogP contribution in [0.2, 0.25) is 0 Å². The highest BCUT2D eigenvalue weighted by atomic mass is 16.1. The van der Waals surface area contributed by atoms with Crippen LogP contribution in [-0.2, 0) is 6.54 Å². The molecule has 0 atom stereocenters. The van der Waals surface area contributed by atoms with E-state index < -0.39 is 5.91 Å². The van der Waals surface area contributed by atoms with Gasteiger partial charge in [0.25, 0.3) is 5.91 Å². The summed E-state index contributed by atoms with van der Waals surface area (Å²) >= 11 is 0. The second-order valence-electron chi connectivity index (χ2n) is 5.01. The Kier molecular flexibility index (Phi) is 3.37. The third kappa shape index (κ3) is 2.64. The minimum Gasteiger partial charge on any atom is -0.366 e. The van der Waals surface area contributed by atoms with Crippen LogP contribution in [0.25, 0.3) is 0 Å². The van der Waals surface area contributed by atoms with E-state index in [9.17, 15) is 4.79 Å². The van der Waals surface area contributed by atoms with Crippen molar-refractivity contribution in [1.82, 2.24) is 14.8 Å². The Bertz CT molecular complexity index is 598. The first kappa shape index (κ1) is 12.7. The second kappa shape index (κ2) is 5.32. The van der Waals surface area contributed by atoms with Crippen molar-refractivity contribution in [3.8, 4) is 0 Å². The first-order valence-corrected chi connectivity index (χ1v) is 6.74. The SMILES string of the molecule is NC(=O)c1cnn(Cc2ccc(N3CCCC3)nc2)c1. The molecule has 20 heavy (non-hydrogen) atoms. The molecular weight excluding hydrogens is 254 g/mol. The van der Waals surface area contributed by atoms with E-state index in [0.29, 0.717) is 12.1 Å². The number of primary amides is 1. The van der Waals surface area contributed by atoms with Crippen molar-refractivity contribution in [3.63, 3.8) is 0 Å². The molecule has 2 aromatic rings. The highest BCUT2D eigenvalue weighted by Gasteiger charge is 2.13. The van der Waals surface area contributed by atoms with Gasteiger partial charge in [0.05, 0.1) is 18.3 Å². The zero-order valence-corrected chi connectivity index (χ0v) is 11.2. The van der Waals surface area contributed by atoms with E-state index in [0.717, 1.165) is 24.5 Å². The maximum absolute atomic E-state index is 11.0. The van der Waals surface area contributed by atoms with Gasteiger partial charge in [-0.1, -0.05) is 6.07 Å². The Morgan fingerprint density at radius 3 is 2.65 bits per heavy atom. The van der Waals surface area contributed by atoms with Crippen LogP contribution in [-0.4, -0.2) is 33.8 Å². The molecular formula is C14H17N5O. The van der Waals surface area contributed by atoms with Gasteiger partial charge in [-0.2, -0.15) is 5.10 Å². The molecule has 0 aromatic carbocycles. The lowest BCUT2D eigenvalue weighted by Gasteiger charge is -2.16. The fourth-order valence-electron chi connectivity index (χ4n) is 2.41. The largest absolute Gasteiger partial charge is 0.366 e. The zero-order chi connectivity index (χ0) is 13.9. The average molecular weight is 271 g/mol. The van der Waals surface area contributed by atoms with Gasteiger partial charge < -0.3 is 10.6 Å². The van der Waals surface area contributed by atoms with Gasteiger partial charge in [0.1, 0.15) is 5.82 Å². The summed E-state index contributed by atoms with van der Waals surface area (Å²) in [6.45, 7) is 2.77. The van der Waals surface area contributed by atoms with Gasteiger partial charge >= 0.3 is 0 Å². The molecule has 3 rings (SSSR count). The summed E-state index contributed by atoms with van der Waals surface area (Å²) in [6, 6.07) is 4.09. The van der Waals surface area contributed by atoms with Crippen LogP contribution in [0, 0.1) is 0 Å². The highest BCUT2D eigenvalue weighted by molar-refractivity contribution is 5.92. The summed E-state index contributed by atoms with van der Waals surface area (Å²) in [7, 11) is 0. The summed E-state index contributed by atoms with van der Waals surface area (Å²) in [4.78, 5) is 17.8. The van der Waals surface area contributed by atoms with E-state index in [1.807, 2.05) is 18.3 Å². The maximum Gasteiger partial charge on any atom is 0.251 e. The Morgan fingerprint density at radius 2 is 2.05 bits per heavy atom. The van der Waals surface area contributed by atoms with E-state index in [-0.39, 0.29) is 0 Å². The van der Waals surface area contributed by atoms with Gasteiger partial charge in [-0.05, 0) is 24.5 Å². The molecule has 0 radical (unpaired) electrons. The molecule has 1 aliphatic rings. The molecule has 0 bridgehead atoms. The van der Waals surface area contributed by atoms with Crippen molar-refractivity contribution in [1.29, 1.82) is 0 Å². The number of rotatable bonds is 4. The van der Waals surface area contributed by atoms with Gasteiger partial charge in [0.15, 0.2) is 0 Å². The van der Waals surface area contributed by atoms with E-state index in [4.69, 9.17) is 5.73 Å². The molecule has 1 aliphatic heterocycles. The lowest BCUT2D eigenvalue weighted by molar-refractivity contribution is 0.1000. The summed E-state index contributed by atoms with van der Waals surface area (Å²) in [6.07, 6.45) is 7.48. The van der Waals surface area contributed by atoms with Crippen molar-refractivity contribution in [2.24, 2.45) is 5.73 Å². The lowest BCUT2D eigenvalue weighted by atomic mass is 10.3. The van der Waals surface area contributed by atoms with E-state index in [1.54, 1.807) is 10.9 Å². The van der Waals surface area contributed by atoms with E-state index >= 15 is 0 Å². The van der Waals surface area contributed by atoms with Crippen molar-refractivity contribution in [2.45, 2.75) is 19.4 Å². The summed E-state index contributed by atoms with van der Waals surface area (Å²) in [5.74, 6) is 0.572. The first-order chi connectivity index (χ1) is 9.72.